The smallest absolute Gasteiger partial charge is 0.0198 e. The van der Waals surface area contributed by atoms with Crippen molar-refractivity contribution < 1.29 is 0 Å². The van der Waals surface area contributed by atoms with Crippen LogP contribution in [0.4, 0.5) is 0 Å². The third-order valence-corrected chi connectivity index (χ3v) is 2.72. The van der Waals surface area contributed by atoms with E-state index in [0.717, 1.165) is 12.0 Å². The monoisotopic (exact) mass is 206 g/mol. The Hall–Kier alpha value is -0.780. The van der Waals surface area contributed by atoms with Crippen molar-refractivity contribution in [3.63, 3.8) is 0 Å². The molecule has 0 rings (SSSR count). The van der Waals surface area contributed by atoms with Crippen molar-refractivity contribution in [3.8, 4) is 0 Å². The molecular weight excluding hydrogens is 180 g/mol. The Bertz CT molecular complexity index is 220. The van der Waals surface area contributed by atoms with E-state index in [0.29, 0.717) is 11.8 Å². The van der Waals surface area contributed by atoms with E-state index in [1.54, 1.807) is 0 Å². The Morgan fingerprint density at radius 3 is 2.33 bits per heavy atom. The Balaban J connectivity index is 4.00. The van der Waals surface area contributed by atoms with Gasteiger partial charge in [0.25, 0.3) is 0 Å². The summed E-state index contributed by atoms with van der Waals surface area (Å²) in [5.41, 5.74) is 1.14. The molecule has 15 heavy (non-hydrogen) atoms. The molecule has 86 valence electrons. The molecule has 0 N–H and O–H groups in total. The molecule has 0 aromatic carbocycles. The van der Waals surface area contributed by atoms with Gasteiger partial charge in [0.1, 0.15) is 0 Å². The third-order valence-electron chi connectivity index (χ3n) is 2.72. The van der Waals surface area contributed by atoms with Gasteiger partial charge in [-0.1, -0.05) is 63.6 Å². The van der Waals surface area contributed by atoms with Crippen LogP contribution in [0, 0.1) is 11.8 Å². The van der Waals surface area contributed by atoms with Crippen molar-refractivity contribution in [3.05, 3.63) is 36.5 Å². The highest BCUT2D eigenvalue weighted by Gasteiger charge is 1.98. The zero-order valence-electron chi connectivity index (χ0n) is 10.8. The summed E-state index contributed by atoms with van der Waals surface area (Å²) in [4.78, 5) is 0. The fourth-order valence-corrected chi connectivity index (χ4v) is 1.30. The molecule has 0 saturated carbocycles. The normalized spacial score (nSPS) is 16.0. The van der Waals surface area contributed by atoms with Crippen LogP contribution < -0.4 is 0 Å². The predicted octanol–water partition coefficient (Wildman–Crippen LogP) is 5.14. The van der Waals surface area contributed by atoms with Gasteiger partial charge in [-0.25, -0.2) is 0 Å². The van der Waals surface area contributed by atoms with Crippen molar-refractivity contribution in [2.45, 2.75) is 47.0 Å². The Kier molecular flexibility index (Phi) is 8.08. The first-order valence-electron chi connectivity index (χ1n) is 6.10. The first-order valence-corrected chi connectivity index (χ1v) is 6.10. The van der Waals surface area contributed by atoms with Crippen molar-refractivity contribution in [2.75, 3.05) is 0 Å². The van der Waals surface area contributed by atoms with Crippen LogP contribution in [-0.4, -0.2) is 0 Å². The van der Waals surface area contributed by atoms with Gasteiger partial charge < -0.3 is 0 Å². The standard InChI is InChI=1S/C15H26/c1-6-14(5)9-8-10-15(7-2)12-11-13(3)4/h8-9,11-12,14-15H,3,6-7,10H2,1-2,4-5H3. The topological polar surface area (TPSA) is 0 Å². The average molecular weight is 206 g/mol. The molecule has 0 aromatic rings. The second kappa shape index (κ2) is 8.52. The molecule has 0 aromatic heterocycles. The van der Waals surface area contributed by atoms with Gasteiger partial charge in [-0.05, 0) is 31.6 Å². The highest BCUT2D eigenvalue weighted by Crippen LogP contribution is 2.13. The lowest BCUT2D eigenvalue weighted by atomic mass is 9.99. The summed E-state index contributed by atoms with van der Waals surface area (Å²) in [5.74, 6) is 1.38. The van der Waals surface area contributed by atoms with E-state index in [2.05, 4.69) is 51.7 Å². The van der Waals surface area contributed by atoms with Crippen molar-refractivity contribution in [1.29, 1.82) is 0 Å². The summed E-state index contributed by atoms with van der Waals surface area (Å²) >= 11 is 0. The van der Waals surface area contributed by atoms with Gasteiger partial charge in [0.2, 0.25) is 0 Å². The second-order valence-electron chi connectivity index (χ2n) is 4.42. The second-order valence-corrected chi connectivity index (χ2v) is 4.42. The summed E-state index contributed by atoms with van der Waals surface area (Å²) in [7, 11) is 0. The quantitative estimate of drug-likeness (QED) is 0.400. The van der Waals surface area contributed by atoms with Gasteiger partial charge in [0, 0.05) is 0 Å². The van der Waals surface area contributed by atoms with Gasteiger partial charge in [0.15, 0.2) is 0 Å². The average Bonchev–Trinajstić information content (AvgIpc) is 2.22. The van der Waals surface area contributed by atoms with Gasteiger partial charge >= 0.3 is 0 Å². The summed E-state index contributed by atoms with van der Waals surface area (Å²) in [5, 5.41) is 0. The summed E-state index contributed by atoms with van der Waals surface area (Å²) in [6.45, 7) is 12.7. The maximum absolute atomic E-state index is 3.88. The lowest BCUT2D eigenvalue weighted by Crippen LogP contribution is -1.93. The van der Waals surface area contributed by atoms with Gasteiger partial charge in [-0.3, -0.25) is 0 Å². The molecule has 0 aliphatic heterocycles. The largest absolute Gasteiger partial charge is 0.0961 e. The first kappa shape index (κ1) is 14.2. The van der Waals surface area contributed by atoms with E-state index in [9.17, 15) is 0 Å². The molecule has 0 heterocycles. The van der Waals surface area contributed by atoms with Crippen molar-refractivity contribution in [2.24, 2.45) is 11.8 Å². The number of allylic oxidation sites excluding steroid dienone is 5. The van der Waals surface area contributed by atoms with Gasteiger partial charge in [-0.15, -0.1) is 0 Å². The predicted molar refractivity (Wildman–Crippen MR) is 70.9 cm³/mol. The maximum atomic E-state index is 3.88. The molecule has 0 radical (unpaired) electrons. The van der Waals surface area contributed by atoms with E-state index in [1.807, 2.05) is 6.92 Å². The van der Waals surface area contributed by atoms with Crippen LogP contribution in [0.15, 0.2) is 36.5 Å². The highest BCUT2D eigenvalue weighted by molar-refractivity contribution is 5.12. The molecule has 2 atom stereocenters. The molecule has 0 nitrogen and oxygen atoms in total. The molecular formula is C15H26. The first-order chi connectivity index (χ1) is 7.10. The van der Waals surface area contributed by atoms with Crippen LogP contribution in [0.5, 0.6) is 0 Å². The van der Waals surface area contributed by atoms with E-state index in [1.165, 1.54) is 12.8 Å². The lowest BCUT2D eigenvalue weighted by molar-refractivity contribution is 0.629. The molecule has 2 unspecified atom stereocenters. The molecule has 0 bridgehead atoms. The van der Waals surface area contributed by atoms with Crippen LogP contribution in [0.2, 0.25) is 0 Å². The Morgan fingerprint density at radius 2 is 1.87 bits per heavy atom. The third kappa shape index (κ3) is 8.23. The number of hydrogen-bond donors (Lipinski definition) is 0. The highest BCUT2D eigenvalue weighted by atomic mass is 14.0. The minimum Gasteiger partial charge on any atom is -0.0961 e. The molecule has 0 heteroatoms. The van der Waals surface area contributed by atoms with E-state index in [-0.39, 0.29) is 0 Å². The molecule has 0 amide bonds. The summed E-state index contributed by atoms with van der Waals surface area (Å²) < 4.78 is 0. The fraction of sp³-hybridized carbons (Fsp3) is 0.600. The van der Waals surface area contributed by atoms with Crippen molar-refractivity contribution >= 4 is 0 Å². The van der Waals surface area contributed by atoms with Gasteiger partial charge in [0.05, 0.1) is 0 Å². The number of rotatable bonds is 7. The van der Waals surface area contributed by atoms with Gasteiger partial charge in [-0.2, -0.15) is 0 Å². The SMILES string of the molecule is C=C(C)C=CC(CC)CC=CC(C)CC. The van der Waals surface area contributed by atoms with Crippen LogP contribution in [0.3, 0.4) is 0 Å². The Labute approximate surface area is 95.8 Å². The molecule has 0 saturated heterocycles. The molecule has 0 fully saturated rings. The fourth-order valence-electron chi connectivity index (χ4n) is 1.30. The van der Waals surface area contributed by atoms with Crippen LogP contribution in [-0.2, 0) is 0 Å². The van der Waals surface area contributed by atoms with E-state index < -0.39 is 0 Å². The van der Waals surface area contributed by atoms with Crippen LogP contribution in [0.25, 0.3) is 0 Å². The lowest BCUT2D eigenvalue weighted by Gasteiger charge is -2.07. The minimum atomic E-state index is 0.669. The maximum Gasteiger partial charge on any atom is -0.0198 e. The van der Waals surface area contributed by atoms with Crippen LogP contribution in [0.1, 0.15) is 47.0 Å². The minimum absolute atomic E-state index is 0.669. The molecule has 0 aliphatic rings. The summed E-state index contributed by atoms with van der Waals surface area (Å²) in [6, 6.07) is 0. The summed E-state index contributed by atoms with van der Waals surface area (Å²) in [6.07, 6.45) is 12.7. The number of hydrogen-bond acceptors (Lipinski definition) is 0. The Morgan fingerprint density at radius 1 is 1.20 bits per heavy atom. The zero-order valence-corrected chi connectivity index (χ0v) is 10.8. The molecule has 0 spiro atoms. The van der Waals surface area contributed by atoms with Crippen LogP contribution >= 0.6 is 0 Å². The van der Waals surface area contributed by atoms with E-state index >= 15 is 0 Å². The van der Waals surface area contributed by atoms with Crippen molar-refractivity contribution in [1.82, 2.24) is 0 Å². The zero-order chi connectivity index (χ0) is 11.7. The van der Waals surface area contributed by atoms with E-state index in [4.69, 9.17) is 0 Å². The molecule has 0 aliphatic carbocycles.